The lowest BCUT2D eigenvalue weighted by Crippen LogP contribution is -2.10. The van der Waals surface area contributed by atoms with Crippen molar-refractivity contribution in [3.05, 3.63) is 84.2 Å². The largest absolute Gasteiger partial charge is 0.427 e. The molecule has 0 bridgehead atoms. The molecular formula is C25H23FO4. The van der Waals surface area contributed by atoms with Crippen LogP contribution in [-0.2, 0) is 4.79 Å². The van der Waals surface area contributed by atoms with Crippen molar-refractivity contribution in [2.24, 2.45) is 0 Å². The molecular weight excluding hydrogens is 383 g/mol. The highest BCUT2D eigenvalue weighted by Crippen LogP contribution is 2.23. The van der Waals surface area contributed by atoms with E-state index in [1.165, 1.54) is 12.1 Å². The summed E-state index contributed by atoms with van der Waals surface area (Å²) in [5, 5.41) is 0. The lowest BCUT2D eigenvalue weighted by atomic mass is 10.1. The van der Waals surface area contributed by atoms with E-state index < -0.39 is 5.97 Å². The van der Waals surface area contributed by atoms with Gasteiger partial charge in [0.15, 0.2) is 0 Å². The van der Waals surface area contributed by atoms with Crippen LogP contribution in [-0.4, -0.2) is 11.9 Å². The van der Waals surface area contributed by atoms with Gasteiger partial charge in [-0.15, -0.1) is 0 Å². The zero-order chi connectivity index (χ0) is 21.3. The van der Waals surface area contributed by atoms with Gasteiger partial charge in [-0.2, -0.15) is 0 Å². The second kappa shape index (κ2) is 10.3. The van der Waals surface area contributed by atoms with E-state index in [1.807, 2.05) is 0 Å². The van der Waals surface area contributed by atoms with Crippen LogP contribution in [0.5, 0.6) is 11.5 Å². The average molecular weight is 406 g/mol. The molecule has 0 atom stereocenters. The summed E-state index contributed by atoms with van der Waals surface area (Å²) in [5.41, 5.74) is 2.11. The predicted octanol–water partition coefficient (Wildman–Crippen LogP) is 6.20. The summed E-state index contributed by atoms with van der Waals surface area (Å²) in [6, 6.07) is 19.4. The molecule has 0 unspecified atom stereocenters. The predicted molar refractivity (Wildman–Crippen MR) is 113 cm³/mol. The number of carbonyl (C=O) groups excluding carboxylic acids is 2. The van der Waals surface area contributed by atoms with Crippen molar-refractivity contribution >= 4 is 11.9 Å². The summed E-state index contributed by atoms with van der Waals surface area (Å²) in [5.74, 6) is -0.277. The Kier molecular flexibility index (Phi) is 7.33. The number of halogens is 1. The molecule has 3 aromatic carbocycles. The average Bonchev–Trinajstić information content (AvgIpc) is 2.75. The van der Waals surface area contributed by atoms with Gasteiger partial charge in [-0.3, -0.25) is 4.79 Å². The SMILES string of the molecule is CCCCCC(=O)Oc1ccc(C(=O)Oc2ccc(-c3ccc(F)cc3)cc2)cc1. The highest BCUT2D eigenvalue weighted by molar-refractivity contribution is 5.91. The van der Waals surface area contributed by atoms with Gasteiger partial charge in [0, 0.05) is 6.42 Å². The molecule has 0 N–H and O–H groups in total. The van der Waals surface area contributed by atoms with Crippen LogP contribution in [0.3, 0.4) is 0 Å². The maximum absolute atomic E-state index is 13.0. The number of hydrogen-bond donors (Lipinski definition) is 0. The van der Waals surface area contributed by atoms with E-state index in [-0.39, 0.29) is 11.8 Å². The van der Waals surface area contributed by atoms with E-state index in [0.29, 0.717) is 23.5 Å². The van der Waals surface area contributed by atoms with Crippen molar-refractivity contribution in [2.75, 3.05) is 0 Å². The smallest absolute Gasteiger partial charge is 0.343 e. The van der Waals surface area contributed by atoms with Gasteiger partial charge in [-0.05, 0) is 66.1 Å². The number of benzene rings is 3. The number of rotatable bonds is 8. The third-order valence-corrected chi connectivity index (χ3v) is 4.55. The van der Waals surface area contributed by atoms with Crippen molar-refractivity contribution in [3.63, 3.8) is 0 Å². The summed E-state index contributed by atoms with van der Waals surface area (Å²) in [6.07, 6.45) is 3.22. The van der Waals surface area contributed by atoms with Gasteiger partial charge < -0.3 is 9.47 Å². The summed E-state index contributed by atoms with van der Waals surface area (Å²) in [7, 11) is 0. The molecule has 0 saturated heterocycles. The fourth-order valence-electron chi connectivity index (χ4n) is 2.88. The first-order valence-corrected chi connectivity index (χ1v) is 9.94. The normalized spacial score (nSPS) is 10.5. The van der Waals surface area contributed by atoms with E-state index in [0.717, 1.165) is 30.4 Å². The first-order chi connectivity index (χ1) is 14.5. The van der Waals surface area contributed by atoms with Gasteiger partial charge in [-0.25, -0.2) is 9.18 Å². The Morgan fingerprint density at radius 1 is 0.733 bits per heavy atom. The third kappa shape index (κ3) is 6.01. The van der Waals surface area contributed by atoms with Crippen LogP contribution >= 0.6 is 0 Å². The number of unbranched alkanes of at least 4 members (excludes halogenated alkanes) is 2. The molecule has 0 aliphatic heterocycles. The standard InChI is InChI=1S/C25H23FO4/c1-2-3-4-5-24(27)29-22-16-10-20(11-17-22)25(28)30-23-14-8-19(9-15-23)18-6-12-21(26)13-7-18/h6-17H,2-5H2,1H3. The van der Waals surface area contributed by atoms with Crippen LogP contribution in [0.15, 0.2) is 72.8 Å². The molecule has 3 aromatic rings. The fourth-order valence-corrected chi connectivity index (χ4v) is 2.88. The minimum absolute atomic E-state index is 0.278. The number of hydrogen-bond acceptors (Lipinski definition) is 4. The Hall–Kier alpha value is -3.47. The van der Waals surface area contributed by atoms with Gasteiger partial charge in [-0.1, -0.05) is 44.0 Å². The Balaban J connectivity index is 1.56. The second-order valence-electron chi connectivity index (χ2n) is 6.88. The van der Waals surface area contributed by atoms with Gasteiger partial charge in [0.1, 0.15) is 17.3 Å². The Morgan fingerprint density at radius 2 is 1.27 bits per heavy atom. The van der Waals surface area contributed by atoms with E-state index >= 15 is 0 Å². The molecule has 4 nitrogen and oxygen atoms in total. The molecule has 5 heteroatoms. The molecule has 0 amide bonds. The zero-order valence-electron chi connectivity index (χ0n) is 16.8. The summed E-state index contributed by atoms with van der Waals surface area (Å²) < 4.78 is 23.7. The second-order valence-corrected chi connectivity index (χ2v) is 6.88. The molecule has 0 radical (unpaired) electrons. The van der Waals surface area contributed by atoms with Gasteiger partial charge in [0.05, 0.1) is 5.56 Å². The van der Waals surface area contributed by atoms with E-state index in [2.05, 4.69) is 6.92 Å². The maximum atomic E-state index is 13.0. The van der Waals surface area contributed by atoms with Gasteiger partial charge in [0.25, 0.3) is 0 Å². The van der Waals surface area contributed by atoms with Gasteiger partial charge >= 0.3 is 11.9 Å². The Labute approximate surface area is 175 Å². The number of carbonyl (C=O) groups is 2. The molecule has 0 spiro atoms. The van der Waals surface area contributed by atoms with Crippen LogP contribution in [0.4, 0.5) is 4.39 Å². The molecule has 0 saturated carbocycles. The third-order valence-electron chi connectivity index (χ3n) is 4.55. The molecule has 0 aliphatic rings. The van der Waals surface area contributed by atoms with Crippen molar-refractivity contribution in [1.82, 2.24) is 0 Å². The van der Waals surface area contributed by atoms with Crippen LogP contribution < -0.4 is 9.47 Å². The Morgan fingerprint density at radius 3 is 1.87 bits per heavy atom. The molecule has 154 valence electrons. The van der Waals surface area contributed by atoms with Gasteiger partial charge in [0.2, 0.25) is 0 Å². The first-order valence-electron chi connectivity index (χ1n) is 9.94. The molecule has 3 rings (SSSR count). The zero-order valence-corrected chi connectivity index (χ0v) is 16.8. The first kappa shape index (κ1) is 21.2. The molecule has 0 heterocycles. The van der Waals surface area contributed by atoms with Crippen LogP contribution in [0.25, 0.3) is 11.1 Å². The topological polar surface area (TPSA) is 52.6 Å². The summed E-state index contributed by atoms with van der Waals surface area (Å²) in [4.78, 5) is 24.1. The van der Waals surface area contributed by atoms with E-state index in [9.17, 15) is 14.0 Å². The minimum atomic E-state index is -0.509. The van der Waals surface area contributed by atoms with E-state index in [1.54, 1.807) is 60.7 Å². The minimum Gasteiger partial charge on any atom is -0.427 e. The van der Waals surface area contributed by atoms with Crippen molar-refractivity contribution in [1.29, 1.82) is 0 Å². The monoisotopic (exact) mass is 406 g/mol. The van der Waals surface area contributed by atoms with Crippen molar-refractivity contribution in [3.8, 4) is 22.6 Å². The molecule has 30 heavy (non-hydrogen) atoms. The lowest BCUT2D eigenvalue weighted by molar-refractivity contribution is -0.134. The van der Waals surface area contributed by atoms with Crippen molar-refractivity contribution < 1.29 is 23.5 Å². The molecule has 0 fully saturated rings. The van der Waals surface area contributed by atoms with E-state index in [4.69, 9.17) is 9.47 Å². The summed E-state index contributed by atoms with van der Waals surface area (Å²) >= 11 is 0. The number of esters is 2. The fraction of sp³-hybridized carbons (Fsp3) is 0.200. The number of ether oxygens (including phenoxy) is 2. The molecule has 0 aromatic heterocycles. The highest BCUT2D eigenvalue weighted by Gasteiger charge is 2.10. The maximum Gasteiger partial charge on any atom is 0.343 e. The quantitative estimate of drug-likeness (QED) is 0.254. The van der Waals surface area contributed by atoms with Crippen LogP contribution in [0, 0.1) is 5.82 Å². The highest BCUT2D eigenvalue weighted by atomic mass is 19.1. The van der Waals surface area contributed by atoms with Crippen LogP contribution in [0.1, 0.15) is 43.0 Å². The van der Waals surface area contributed by atoms with Crippen molar-refractivity contribution in [2.45, 2.75) is 32.6 Å². The van der Waals surface area contributed by atoms with Crippen LogP contribution in [0.2, 0.25) is 0 Å². The molecule has 0 aliphatic carbocycles. The Bertz CT molecular complexity index is 977. The lowest BCUT2D eigenvalue weighted by Gasteiger charge is -2.07. The summed E-state index contributed by atoms with van der Waals surface area (Å²) in [6.45, 7) is 2.07.